The van der Waals surface area contributed by atoms with E-state index in [2.05, 4.69) is 19.1 Å². The van der Waals surface area contributed by atoms with Crippen LogP contribution in [0.3, 0.4) is 0 Å². The molecule has 2 N–H and O–H groups in total. The third-order valence-corrected chi connectivity index (χ3v) is 2.98. The predicted molar refractivity (Wildman–Crippen MR) is 58.2 cm³/mol. The van der Waals surface area contributed by atoms with Gasteiger partial charge in [-0.2, -0.15) is 0 Å². The fraction of sp³-hybridized carbons (Fsp3) is 0.500. The van der Waals surface area contributed by atoms with E-state index in [1.165, 1.54) is 5.56 Å². The summed E-state index contributed by atoms with van der Waals surface area (Å²) in [6, 6.07) is 8.19. The number of ether oxygens (including phenoxy) is 1. The maximum Gasteiger partial charge on any atom is 0.0641 e. The second kappa shape index (κ2) is 4.01. The van der Waals surface area contributed by atoms with E-state index in [1.54, 1.807) is 0 Å². The lowest BCUT2D eigenvalue weighted by Crippen LogP contribution is -2.12. The van der Waals surface area contributed by atoms with Crippen molar-refractivity contribution in [2.45, 2.75) is 31.8 Å². The Hall–Kier alpha value is -1.02. The second-order valence-corrected chi connectivity index (χ2v) is 3.88. The normalized spacial score (nSPS) is 26.6. The molecule has 1 saturated heterocycles. The minimum atomic E-state index is 0.402. The van der Waals surface area contributed by atoms with Gasteiger partial charge in [-0.1, -0.05) is 19.1 Å². The van der Waals surface area contributed by atoms with Crippen LogP contribution in [0.1, 0.15) is 31.2 Å². The van der Waals surface area contributed by atoms with Crippen molar-refractivity contribution in [3.63, 3.8) is 0 Å². The Morgan fingerprint density at radius 2 is 2.07 bits per heavy atom. The largest absolute Gasteiger partial charge is 0.399 e. The van der Waals surface area contributed by atoms with Gasteiger partial charge < -0.3 is 10.5 Å². The molecule has 0 bridgehead atoms. The molecule has 0 aliphatic carbocycles. The number of rotatable bonds is 2. The van der Waals surface area contributed by atoms with E-state index in [9.17, 15) is 0 Å². The lowest BCUT2D eigenvalue weighted by molar-refractivity contribution is 0.101. The molecular weight excluding hydrogens is 174 g/mol. The van der Waals surface area contributed by atoms with Gasteiger partial charge >= 0.3 is 0 Å². The molecule has 0 saturated carbocycles. The van der Waals surface area contributed by atoms with E-state index in [4.69, 9.17) is 10.5 Å². The summed E-state index contributed by atoms with van der Waals surface area (Å²) < 4.78 is 5.67. The summed E-state index contributed by atoms with van der Waals surface area (Å²) in [5.74, 6) is 0.570. The molecule has 1 aromatic carbocycles. The number of benzene rings is 1. The Balaban J connectivity index is 2.17. The van der Waals surface area contributed by atoms with Crippen LogP contribution < -0.4 is 5.73 Å². The van der Waals surface area contributed by atoms with E-state index in [1.807, 2.05) is 12.1 Å². The molecule has 1 heterocycles. The smallest absolute Gasteiger partial charge is 0.0641 e. The standard InChI is InChI=1S/C12H17NO/c1-2-12-11(7-8-14-12)9-3-5-10(13)6-4-9/h3-6,11-12H,2,7-8,13H2,1H3. The molecule has 0 amide bonds. The number of nitrogens with two attached hydrogens (primary N) is 1. The van der Waals surface area contributed by atoms with E-state index >= 15 is 0 Å². The maximum atomic E-state index is 5.67. The average Bonchev–Trinajstić information content (AvgIpc) is 2.67. The maximum absolute atomic E-state index is 5.67. The molecule has 0 aromatic heterocycles. The van der Waals surface area contributed by atoms with Crippen molar-refractivity contribution in [2.24, 2.45) is 0 Å². The van der Waals surface area contributed by atoms with Crippen LogP contribution in [0.25, 0.3) is 0 Å². The van der Waals surface area contributed by atoms with Crippen LogP contribution in [0.15, 0.2) is 24.3 Å². The van der Waals surface area contributed by atoms with Gasteiger partial charge in [0.2, 0.25) is 0 Å². The highest BCUT2D eigenvalue weighted by atomic mass is 16.5. The fourth-order valence-electron chi connectivity index (χ4n) is 2.18. The highest BCUT2D eigenvalue weighted by Crippen LogP contribution is 2.33. The highest BCUT2D eigenvalue weighted by molar-refractivity contribution is 5.40. The van der Waals surface area contributed by atoms with Crippen molar-refractivity contribution in [1.29, 1.82) is 0 Å². The van der Waals surface area contributed by atoms with Gasteiger partial charge in [0.05, 0.1) is 6.10 Å². The topological polar surface area (TPSA) is 35.2 Å². The molecule has 2 rings (SSSR count). The predicted octanol–water partition coefficient (Wildman–Crippen LogP) is 2.55. The van der Waals surface area contributed by atoms with Gasteiger partial charge in [-0.25, -0.2) is 0 Å². The minimum absolute atomic E-state index is 0.402. The zero-order valence-electron chi connectivity index (χ0n) is 8.57. The summed E-state index contributed by atoms with van der Waals surface area (Å²) in [6.07, 6.45) is 2.64. The van der Waals surface area contributed by atoms with Crippen LogP contribution in [-0.4, -0.2) is 12.7 Å². The average molecular weight is 191 g/mol. The van der Waals surface area contributed by atoms with Crippen molar-refractivity contribution < 1.29 is 4.74 Å². The van der Waals surface area contributed by atoms with Crippen molar-refractivity contribution in [1.82, 2.24) is 0 Å². The number of hydrogen-bond acceptors (Lipinski definition) is 2. The van der Waals surface area contributed by atoms with Crippen LogP contribution in [-0.2, 0) is 4.74 Å². The summed E-state index contributed by atoms with van der Waals surface area (Å²) in [5.41, 5.74) is 7.86. The third kappa shape index (κ3) is 1.75. The quantitative estimate of drug-likeness (QED) is 0.729. The van der Waals surface area contributed by atoms with Crippen LogP contribution in [0.2, 0.25) is 0 Å². The summed E-state index contributed by atoms with van der Waals surface area (Å²) in [5, 5.41) is 0. The summed E-state index contributed by atoms with van der Waals surface area (Å²) in [4.78, 5) is 0. The summed E-state index contributed by atoms with van der Waals surface area (Å²) in [7, 11) is 0. The van der Waals surface area contributed by atoms with E-state index in [0.29, 0.717) is 12.0 Å². The van der Waals surface area contributed by atoms with Gasteiger partial charge in [0.1, 0.15) is 0 Å². The van der Waals surface area contributed by atoms with E-state index in [-0.39, 0.29) is 0 Å². The molecule has 0 radical (unpaired) electrons. The van der Waals surface area contributed by atoms with Crippen molar-refractivity contribution in [2.75, 3.05) is 12.3 Å². The summed E-state index contributed by atoms with van der Waals surface area (Å²) in [6.45, 7) is 3.08. The molecule has 1 aliphatic heterocycles. The molecule has 1 fully saturated rings. The zero-order valence-corrected chi connectivity index (χ0v) is 8.57. The molecule has 2 heteroatoms. The Labute approximate surface area is 85.1 Å². The zero-order chi connectivity index (χ0) is 9.97. The lowest BCUT2D eigenvalue weighted by Gasteiger charge is -2.17. The Morgan fingerprint density at radius 3 is 2.71 bits per heavy atom. The first-order valence-corrected chi connectivity index (χ1v) is 5.28. The molecule has 76 valence electrons. The number of anilines is 1. The van der Waals surface area contributed by atoms with Gasteiger partial charge in [0, 0.05) is 18.2 Å². The molecule has 2 unspecified atom stereocenters. The first-order chi connectivity index (χ1) is 6.81. The third-order valence-electron chi connectivity index (χ3n) is 2.98. The second-order valence-electron chi connectivity index (χ2n) is 3.88. The Bertz CT molecular complexity index is 294. The van der Waals surface area contributed by atoms with Crippen molar-refractivity contribution in [3.05, 3.63) is 29.8 Å². The van der Waals surface area contributed by atoms with Crippen molar-refractivity contribution in [3.8, 4) is 0 Å². The first-order valence-electron chi connectivity index (χ1n) is 5.28. The van der Waals surface area contributed by atoms with Crippen LogP contribution in [0.5, 0.6) is 0 Å². The lowest BCUT2D eigenvalue weighted by atomic mass is 9.91. The minimum Gasteiger partial charge on any atom is -0.399 e. The van der Waals surface area contributed by atoms with E-state index < -0.39 is 0 Å². The first kappa shape index (κ1) is 9.53. The number of nitrogen functional groups attached to an aromatic ring is 1. The Kier molecular flexibility index (Phi) is 2.73. The van der Waals surface area contributed by atoms with Gasteiger partial charge in [-0.05, 0) is 30.5 Å². The SMILES string of the molecule is CCC1OCCC1c1ccc(N)cc1. The van der Waals surface area contributed by atoms with Crippen LogP contribution in [0, 0.1) is 0 Å². The van der Waals surface area contributed by atoms with Crippen molar-refractivity contribution >= 4 is 5.69 Å². The summed E-state index contributed by atoms with van der Waals surface area (Å²) >= 11 is 0. The molecule has 1 aliphatic rings. The van der Waals surface area contributed by atoms with Gasteiger partial charge in [-0.3, -0.25) is 0 Å². The van der Waals surface area contributed by atoms with E-state index in [0.717, 1.165) is 25.1 Å². The molecule has 2 nitrogen and oxygen atoms in total. The highest BCUT2D eigenvalue weighted by Gasteiger charge is 2.27. The monoisotopic (exact) mass is 191 g/mol. The van der Waals surface area contributed by atoms with Gasteiger partial charge in [-0.15, -0.1) is 0 Å². The molecule has 1 aromatic rings. The molecule has 0 spiro atoms. The van der Waals surface area contributed by atoms with Gasteiger partial charge in [0.25, 0.3) is 0 Å². The Morgan fingerprint density at radius 1 is 1.36 bits per heavy atom. The molecule has 2 atom stereocenters. The fourth-order valence-corrected chi connectivity index (χ4v) is 2.18. The van der Waals surface area contributed by atoms with Crippen LogP contribution >= 0.6 is 0 Å². The molecular formula is C12H17NO. The molecule has 14 heavy (non-hydrogen) atoms. The van der Waals surface area contributed by atoms with Gasteiger partial charge in [0.15, 0.2) is 0 Å². The number of hydrogen-bond donors (Lipinski definition) is 1. The van der Waals surface area contributed by atoms with Crippen LogP contribution in [0.4, 0.5) is 5.69 Å².